The van der Waals surface area contributed by atoms with E-state index in [9.17, 15) is 0 Å². The lowest BCUT2D eigenvalue weighted by atomic mass is 9.73. The molecule has 13 heavy (non-hydrogen) atoms. The molecule has 0 aromatic heterocycles. The summed E-state index contributed by atoms with van der Waals surface area (Å²) >= 11 is 0. The van der Waals surface area contributed by atoms with Gasteiger partial charge in [0.2, 0.25) is 0 Å². The van der Waals surface area contributed by atoms with E-state index in [1.807, 2.05) is 6.26 Å². The van der Waals surface area contributed by atoms with Crippen LogP contribution in [0.1, 0.15) is 44.9 Å². The van der Waals surface area contributed by atoms with Crippen molar-refractivity contribution < 1.29 is 4.74 Å². The SMILES string of the molecule is C1=CC([C]2CCCCC2)(C2CC2)O1. The molecule has 3 aliphatic rings. The molecule has 3 rings (SSSR count). The zero-order valence-corrected chi connectivity index (χ0v) is 8.09. The second-order valence-electron chi connectivity index (χ2n) is 4.65. The molecule has 1 aliphatic heterocycles. The first-order valence-electron chi connectivity index (χ1n) is 5.62. The van der Waals surface area contributed by atoms with Gasteiger partial charge in [0.15, 0.2) is 0 Å². The molecule has 2 aliphatic carbocycles. The summed E-state index contributed by atoms with van der Waals surface area (Å²) in [5, 5.41) is 0. The lowest BCUT2D eigenvalue weighted by molar-refractivity contribution is 0.00580. The Morgan fingerprint density at radius 1 is 1.15 bits per heavy atom. The van der Waals surface area contributed by atoms with Crippen LogP contribution in [-0.4, -0.2) is 5.60 Å². The first-order valence-corrected chi connectivity index (χ1v) is 5.62. The highest BCUT2D eigenvalue weighted by Crippen LogP contribution is 2.54. The highest BCUT2D eigenvalue weighted by atomic mass is 16.5. The van der Waals surface area contributed by atoms with Gasteiger partial charge in [-0.3, -0.25) is 0 Å². The van der Waals surface area contributed by atoms with Crippen LogP contribution in [0, 0.1) is 11.8 Å². The zero-order valence-electron chi connectivity index (χ0n) is 8.09. The lowest BCUT2D eigenvalue weighted by Crippen LogP contribution is -2.44. The molecule has 0 spiro atoms. The molecular formula is C12H17O. The third-order valence-electron chi connectivity index (χ3n) is 3.77. The molecule has 2 fully saturated rings. The maximum atomic E-state index is 5.76. The van der Waals surface area contributed by atoms with Crippen molar-refractivity contribution in [1.29, 1.82) is 0 Å². The van der Waals surface area contributed by atoms with Crippen molar-refractivity contribution in [3.05, 3.63) is 18.3 Å². The van der Waals surface area contributed by atoms with E-state index in [0.29, 0.717) is 0 Å². The Hall–Kier alpha value is -0.460. The standard InChI is InChI=1S/C12H17O/c1-2-4-10(5-3-1)12(8-9-13-12)11-6-7-11/h8-9,11H,1-7H2. The number of ether oxygens (including phenoxy) is 1. The van der Waals surface area contributed by atoms with E-state index in [-0.39, 0.29) is 5.60 Å². The van der Waals surface area contributed by atoms with Crippen LogP contribution < -0.4 is 0 Å². The summed E-state index contributed by atoms with van der Waals surface area (Å²) in [5.74, 6) is 2.54. The van der Waals surface area contributed by atoms with E-state index in [0.717, 1.165) is 5.92 Å². The molecule has 71 valence electrons. The van der Waals surface area contributed by atoms with Crippen molar-refractivity contribution in [3.63, 3.8) is 0 Å². The van der Waals surface area contributed by atoms with Crippen LogP contribution in [0.25, 0.3) is 0 Å². The molecular weight excluding hydrogens is 160 g/mol. The van der Waals surface area contributed by atoms with Crippen LogP contribution in [0.3, 0.4) is 0 Å². The molecule has 0 saturated heterocycles. The summed E-state index contributed by atoms with van der Waals surface area (Å²) in [4.78, 5) is 0. The summed E-state index contributed by atoms with van der Waals surface area (Å²) in [5.41, 5.74) is 0.139. The van der Waals surface area contributed by atoms with Gasteiger partial charge < -0.3 is 4.74 Å². The van der Waals surface area contributed by atoms with E-state index in [1.165, 1.54) is 44.9 Å². The van der Waals surface area contributed by atoms with E-state index in [1.54, 1.807) is 5.92 Å². The van der Waals surface area contributed by atoms with Crippen LogP contribution in [0.4, 0.5) is 0 Å². The minimum Gasteiger partial charge on any atom is -0.490 e. The first kappa shape index (κ1) is 7.90. The monoisotopic (exact) mass is 177 g/mol. The van der Waals surface area contributed by atoms with Gasteiger partial charge in [0.25, 0.3) is 0 Å². The first-order chi connectivity index (χ1) is 6.42. The predicted molar refractivity (Wildman–Crippen MR) is 52.0 cm³/mol. The Morgan fingerprint density at radius 3 is 2.31 bits per heavy atom. The Labute approximate surface area is 80.2 Å². The summed E-state index contributed by atoms with van der Waals surface area (Å²) in [6.07, 6.45) is 13.8. The molecule has 1 unspecified atom stereocenters. The van der Waals surface area contributed by atoms with Gasteiger partial charge >= 0.3 is 0 Å². The number of hydrogen-bond donors (Lipinski definition) is 0. The molecule has 2 saturated carbocycles. The Morgan fingerprint density at radius 2 is 1.85 bits per heavy atom. The van der Waals surface area contributed by atoms with Crippen molar-refractivity contribution in [1.82, 2.24) is 0 Å². The smallest absolute Gasteiger partial charge is 0.138 e. The molecule has 1 nitrogen and oxygen atoms in total. The van der Waals surface area contributed by atoms with Crippen molar-refractivity contribution in [2.24, 2.45) is 5.92 Å². The summed E-state index contributed by atoms with van der Waals surface area (Å²) < 4.78 is 5.76. The Bertz CT molecular complexity index is 223. The number of rotatable bonds is 2. The quantitative estimate of drug-likeness (QED) is 0.629. The minimum atomic E-state index is 0.139. The fraction of sp³-hybridized carbons (Fsp3) is 0.750. The topological polar surface area (TPSA) is 9.23 Å². The highest BCUT2D eigenvalue weighted by molar-refractivity contribution is 5.29. The molecule has 1 heterocycles. The van der Waals surface area contributed by atoms with Crippen LogP contribution in [0.5, 0.6) is 0 Å². The van der Waals surface area contributed by atoms with Crippen molar-refractivity contribution in [2.75, 3.05) is 0 Å². The van der Waals surface area contributed by atoms with E-state index in [2.05, 4.69) is 6.08 Å². The third-order valence-corrected chi connectivity index (χ3v) is 3.77. The number of hydrogen-bond acceptors (Lipinski definition) is 1. The Balaban J connectivity index is 1.76. The zero-order chi connectivity index (χ0) is 8.73. The largest absolute Gasteiger partial charge is 0.490 e. The maximum Gasteiger partial charge on any atom is 0.138 e. The van der Waals surface area contributed by atoms with Gasteiger partial charge in [-0.2, -0.15) is 0 Å². The van der Waals surface area contributed by atoms with Gasteiger partial charge in [-0.15, -0.1) is 0 Å². The molecule has 0 N–H and O–H groups in total. The molecule has 0 amide bonds. The predicted octanol–water partition coefficient (Wildman–Crippen LogP) is 3.22. The average molecular weight is 177 g/mol. The van der Waals surface area contributed by atoms with Gasteiger partial charge in [0.05, 0.1) is 6.26 Å². The van der Waals surface area contributed by atoms with E-state index >= 15 is 0 Å². The molecule has 0 aromatic carbocycles. The van der Waals surface area contributed by atoms with Crippen LogP contribution in [-0.2, 0) is 4.74 Å². The molecule has 0 bridgehead atoms. The maximum absolute atomic E-state index is 5.76. The Kier molecular flexibility index (Phi) is 1.68. The summed E-state index contributed by atoms with van der Waals surface area (Å²) in [7, 11) is 0. The average Bonchev–Trinajstić information content (AvgIpc) is 2.89. The van der Waals surface area contributed by atoms with Gasteiger partial charge in [-0.05, 0) is 31.8 Å². The fourth-order valence-electron chi connectivity index (χ4n) is 2.82. The van der Waals surface area contributed by atoms with Crippen LogP contribution >= 0.6 is 0 Å². The molecule has 1 radical (unpaired) electrons. The van der Waals surface area contributed by atoms with Crippen molar-refractivity contribution >= 4 is 0 Å². The lowest BCUT2D eigenvalue weighted by Gasteiger charge is -2.44. The van der Waals surface area contributed by atoms with E-state index < -0.39 is 0 Å². The summed E-state index contributed by atoms with van der Waals surface area (Å²) in [6.45, 7) is 0. The second-order valence-corrected chi connectivity index (χ2v) is 4.65. The minimum absolute atomic E-state index is 0.139. The van der Waals surface area contributed by atoms with Crippen molar-refractivity contribution in [2.45, 2.75) is 50.5 Å². The normalized spacial score (nSPS) is 39.7. The highest BCUT2D eigenvalue weighted by Gasteiger charge is 2.53. The molecule has 1 atom stereocenters. The molecule has 0 aromatic rings. The summed E-state index contributed by atoms with van der Waals surface area (Å²) in [6, 6.07) is 0. The third kappa shape index (κ3) is 1.13. The van der Waals surface area contributed by atoms with Crippen LogP contribution in [0.15, 0.2) is 12.3 Å². The van der Waals surface area contributed by atoms with E-state index in [4.69, 9.17) is 4.74 Å². The van der Waals surface area contributed by atoms with Gasteiger partial charge in [0.1, 0.15) is 5.60 Å². The van der Waals surface area contributed by atoms with Gasteiger partial charge in [0, 0.05) is 11.8 Å². The second kappa shape index (κ2) is 2.76. The molecule has 1 heteroatoms. The fourth-order valence-corrected chi connectivity index (χ4v) is 2.82. The van der Waals surface area contributed by atoms with Crippen LogP contribution in [0.2, 0.25) is 0 Å². The van der Waals surface area contributed by atoms with Crippen molar-refractivity contribution in [3.8, 4) is 0 Å². The van der Waals surface area contributed by atoms with Gasteiger partial charge in [-0.1, -0.05) is 19.3 Å². The van der Waals surface area contributed by atoms with Gasteiger partial charge in [-0.25, -0.2) is 0 Å².